The summed E-state index contributed by atoms with van der Waals surface area (Å²) in [6.07, 6.45) is 5.52. The molecule has 0 unspecified atom stereocenters. The van der Waals surface area contributed by atoms with Crippen LogP contribution in [0.1, 0.15) is 18.4 Å². The third kappa shape index (κ3) is 2.76. The van der Waals surface area contributed by atoms with E-state index in [1.54, 1.807) is 12.4 Å². The summed E-state index contributed by atoms with van der Waals surface area (Å²) in [5, 5.41) is 6.06. The molecule has 1 saturated heterocycles. The maximum absolute atomic E-state index is 11.6. The first kappa shape index (κ1) is 10.1. The van der Waals surface area contributed by atoms with Gasteiger partial charge in [-0.05, 0) is 31.0 Å². The van der Waals surface area contributed by atoms with Gasteiger partial charge in [-0.3, -0.25) is 9.78 Å². The molecule has 0 spiro atoms. The molecule has 0 aliphatic carbocycles. The molecule has 4 nitrogen and oxygen atoms in total. The van der Waals surface area contributed by atoms with E-state index in [0.717, 1.165) is 24.9 Å². The molecule has 2 heterocycles. The van der Waals surface area contributed by atoms with Gasteiger partial charge in [-0.1, -0.05) is 6.07 Å². The predicted molar refractivity (Wildman–Crippen MR) is 57.1 cm³/mol. The van der Waals surface area contributed by atoms with Gasteiger partial charge in [0.25, 0.3) is 0 Å². The lowest BCUT2D eigenvalue weighted by Gasteiger charge is -2.10. The van der Waals surface area contributed by atoms with Gasteiger partial charge in [0.05, 0.1) is 6.04 Å². The highest BCUT2D eigenvalue weighted by molar-refractivity contribution is 5.81. The molecule has 0 bridgehead atoms. The van der Waals surface area contributed by atoms with E-state index in [2.05, 4.69) is 15.6 Å². The highest BCUT2D eigenvalue weighted by Gasteiger charge is 2.21. The summed E-state index contributed by atoms with van der Waals surface area (Å²) < 4.78 is 0. The van der Waals surface area contributed by atoms with Crippen LogP contribution in [-0.2, 0) is 11.3 Å². The van der Waals surface area contributed by atoms with Gasteiger partial charge in [-0.25, -0.2) is 0 Å². The van der Waals surface area contributed by atoms with Crippen molar-refractivity contribution in [3.8, 4) is 0 Å². The summed E-state index contributed by atoms with van der Waals surface area (Å²) in [7, 11) is 0. The molecule has 2 N–H and O–H groups in total. The van der Waals surface area contributed by atoms with Crippen molar-refractivity contribution in [2.45, 2.75) is 25.4 Å². The van der Waals surface area contributed by atoms with E-state index in [1.807, 2.05) is 12.1 Å². The van der Waals surface area contributed by atoms with Crippen molar-refractivity contribution < 1.29 is 4.79 Å². The van der Waals surface area contributed by atoms with E-state index in [0.29, 0.717) is 6.54 Å². The minimum Gasteiger partial charge on any atom is -0.351 e. The number of hydrogen-bond donors (Lipinski definition) is 2. The number of amides is 1. The van der Waals surface area contributed by atoms with Crippen molar-refractivity contribution >= 4 is 5.91 Å². The molecule has 1 atom stereocenters. The number of nitrogens with one attached hydrogen (secondary N) is 2. The quantitative estimate of drug-likeness (QED) is 0.753. The summed E-state index contributed by atoms with van der Waals surface area (Å²) in [5.74, 6) is 0.0938. The van der Waals surface area contributed by atoms with Crippen molar-refractivity contribution in [3.05, 3.63) is 30.1 Å². The maximum atomic E-state index is 11.6. The van der Waals surface area contributed by atoms with E-state index in [1.165, 1.54) is 0 Å². The molecule has 4 heteroatoms. The average molecular weight is 205 g/mol. The number of pyridine rings is 1. The molecule has 1 aromatic heterocycles. The highest BCUT2D eigenvalue weighted by atomic mass is 16.2. The molecule has 1 aliphatic rings. The normalized spacial score (nSPS) is 20.1. The zero-order chi connectivity index (χ0) is 10.5. The second-order valence-corrected chi connectivity index (χ2v) is 3.73. The highest BCUT2D eigenvalue weighted by Crippen LogP contribution is 2.05. The van der Waals surface area contributed by atoms with Crippen LogP contribution in [0.5, 0.6) is 0 Å². The van der Waals surface area contributed by atoms with Crippen molar-refractivity contribution in [2.24, 2.45) is 0 Å². The van der Waals surface area contributed by atoms with Gasteiger partial charge >= 0.3 is 0 Å². The molecular weight excluding hydrogens is 190 g/mol. The van der Waals surface area contributed by atoms with Crippen LogP contribution < -0.4 is 10.6 Å². The number of carbonyl (C=O) groups excluding carboxylic acids is 1. The third-order valence-electron chi connectivity index (χ3n) is 2.57. The number of nitrogens with zero attached hydrogens (tertiary/aromatic N) is 1. The number of rotatable bonds is 3. The second-order valence-electron chi connectivity index (χ2n) is 3.73. The summed E-state index contributed by atoms with van der Waals surface area (Å²) >= 11 is 0. The topological polar surface area (TPSA) is 54.0 Å². The molecule has 15 heavy (non-hydrogen) atoms. The van der Waals surface area contributed by atoms with Crippen LogP contribution in [0.2, 0.25) is 0 Å². The molecule has 1 amide bonds. The summed E-state index contributed by atoms with van der Waals surface area (Å²) in [4.78, 5) is 15.6. The summed E-state index contributed by atoms with van der Waals surface area (Å²) in [6.45, 7) is 1.51. The van der Waals surface area contributed by atoms with Crippen molar-refractivity contribution in [2.75, 3.05) is 6.54 Å². The standard InChI is InChI=1S/C11H15N3O/c15-11(10-4-2-6-13-10)14-8-9-3-1-5-12-7-9/h1,3,5,7,10,13H,2,4,6,8H2,(H,14,15)/t10-/m1/s1. The number of aromatic nitrogens is 1. The van der Waals surface area contributed by atoms with Crippen LogP contribution in [-0.4, -0.2) is 23.5 Å². The van der Waals surface area contributed by atoms with Gasteiger partial charge in [-0.2, -0.15) is 0 Å². The van der Waals surface area contributed by atoms with Crippen molar-refractivity contribution in [1.82, 2.24) is 15.6 Å². The van der Waals surface area contributed by atoms with Crippen LogP contribution >= 0.6 is 0 Å². The minimum atomic E-state index is 0.00155. The first-order valence-corrected chi connectivity index (χ1v) is 5.26. The van der Waals surface area contributed by atoms with Crippen molar-refractivity contribution in [1.29, 1.82) is 0 Å². The zero-order valence-corrected chi connectivity index (χ0v) is 8.57. The lowest BCUT2D eigenvalue weighted by atomic mass is 10.2. The van der Waals surface area contributed by atoms with E-state index in [-0.39, 0.29) is 11.9 Å². The Bertz CT molecular complexity index is 320. The lowest BCUT2D eigenvalue weighted by molar-refractivity contribution is -0.122. The van der Waals surface area contributed by atoms with E-state index < -0.39 is 0 Å². The first-order valence-electron chi connectivity index (χ1n) is 5.26. The maximum Gasteiger partial charge on any atom is 0.237 e. The molecule has 1 fully saturated rings. The third-order valence-corrected chi connectivity index (χ3v) is 2.57. The van der Waals surface area contributed by atoms with Crippen molar-refractivity contribution in [3.63, 3.8) is 0 Å². The van der Waals surface area contributed by atoms with E-state index in [9.17, 15) is 4.79 Å². The zero-order valence-electron chi connectivity index (χ0n) is 8.57. The van der Waals surface area contributed by atoms with Crippen LogP contribution in [0.25, 0.3) is 0 Å². The molecule has 0 saturated carbocycles. The largest absolute Gasteiger partial charge is 0.351 e. The smallest absolute Gasteiger partial charge is 0.237 e. The Labute approximate surface area is 89.1 Å². The summed E-state index contributed by atoms with van der Waals surface area (Å²) in [5.41, 5.74) is 1.03. The van der Waals surface area contributed by atoms with Crippen LogP contribution in [0.3, 0.4) is 0 Å². The van der Waals surface area contributed by atoms with E-state index in [4.69, 9.17) is 0 Å². The second kappa shape index (κ2) is 4.89. The molecule has 0 aromatic carbocycles. The Morgan fingerprint density at radius 2 is 2.60 bits per heavy atom. The molecule has 1 aromatic rings. The van der Waals surface area contributed by atoms with E-state index >= 15 is 0 Å². The van der Waals surface area contributed by atoms with Gasteiger partial charge in [0.15, 0.2) is 0 Å². The van der Waals surface area contributed by atoms with Gasteiger partial charge < -0.3 is 10.6 Å². The van der Waals surface area contributed by atoms with Gasteiger partial charge in [0, 0.05) is 18.9 Å². The Balaban J connectivity index is 1.80. The van der Waals surface area contributed by atoms with Crippen LogP contribution in [0.4, 0.5) is 0 Å². The minimum absolute atomic E-state index is 0.00155. The Hall–Kier alpha value is -1.42. The van der Waals surface area contributed by atoms with Gasteiger partial charge in [0.2, 0.25) is 5.91 Å². The monoisotopic (exact) mass is 205 g/mol. The summed E-state index contributed by atoms with van der Waals surface area (Å²) in [6, 6.07) is 3.83. The van der Waals surface area contributed by atoms with Gasteiger partial charge in [0.1, 0.15) is 0 Å². The SMILES string of the molecule is O=C(NCc1cccnc1)[C@H]1CCCN1. The Kier molecular flexibility index (Phi) is 3.29. The lowest BCUT2D eigenvalue weighted by Crippen LogP contribution is -2.39. The Morgan fingerprint density at radius 3 is 3.27 bits per heavy atom. The molecule has 80 valence electrons. The molecule has 2 rings (SSSR count). The fraction of sp³-hybridized carbons (Fsp3) is 0.455. The van der Waals surface area contributed by atoms with Crippen LogP contribution in [0.15, 0.2) is 24.5 Å². The first-order chi connectivity index (χ1) is 7.36. The van der Waals surface area contributed by atoms with Gasteiger partial charge in [-0.15, -0.1) is 0 Å². The van der Waals surface area contributed by atoms with Crippen LogP contribution in [0, 0.1) is 0 Å². The number of hydrogen-bond acceptors (Lipinski definition) is 3. The molecular formula is C11H15N3O. The Morgan fingerprint density at radius 1 is 1.67 bits per heavy atom. The fourth-order valence-corrected chi connectivity index (χ4v) is 1.72. The number of carbonyl (C=O) groups is 1. The predicted octanol–water partition coefficient (Wildman–Crippen LogP) is 0.450. The molecule has 0 radical (unpaired) electrons. The fourth-order valence-electron chi connectivity index (χ4n) is 1.72. The molecule has 1 aliphatic heterocycles. The average Bonchev–Trinajstić information content (AvgIpc) is 2.81.